The van der Waals surface area contributed by atoms with Gasteiger partial charge >= 0.3 is 5.97 Å². The third kappa shape index (κ3) is 5.27. The molecule has 176 valence electrons. The van der Waals surface area contributed by atoms with Crippen LogP contribution in [0.1, 0.15) is 12.0 Å². The zero-order valence-electron chi connectivity index (χ0n) is 18.7. The fraction of sp³-hybridized carbons (Fsp3) is 0.160. The second-order valence-electron chi connectivity index (χ2n) is 7.71. The molecular formula is C25H22N6O4. The number of rotatable bonds is 10. The number of aliphatic carboxylic acids is 1. The second kappa shape index (κ2) is 10.0. The topological polar surface area (TPSA) is 117 Å². The Kier molecular flexibility index (Phi) is 6.33. The Morgan fingerprint density at radius 3 is 2.20 bits per heavy atom. The van der Waals surface area contributed by atoms with E-state index in [4.69, 9.17) is 14.6 Å². The van der Waals surface area contributed by atoms with Gasteiger partial charge < -0.3 is 14.6 Å². The highest BCUT2D eigenvalue weighted by molar-refractivity contribution is 5.73. The average Bonchev–Trinajstić information content (AvgIpc) is 3.55. The number of carboxylic acids is 1. The molecule has 0 radical (unpaired) electrons. The van der Waals surface area contributed by atoms with Crippen molar-refractivity contribution >= 4 is 17.0 Å². The van der Waals surface area contributed by atoms with E-state index in [2.05, 4.69) is 20.4 Å². The first-order valence-corrected chi connectivity index (χ1v) is 11.1. The van der Waals surface area contributed by atoms with Gasteiger partial charge in [0, 0.05) is 6.42 Å². The summed E-state index contributed by atoms with van der Waals surface area (Å²) in [5.74, 6) is 0.449. The molecule has 2 aromatic heterocycles. The van der Waals surface area contributed by atoms with Gasteiger partial charge in [-0.25, -0.2) is 0 Å². The van der Waals surface area contributed by atoms with Crippen LogP contribution in [0.4, 0.5) is 0 Å². The number of benzene rings is 3. The summed E-state index contributed by atoms with van der Waals surface area (Å²) in [6, 6.07) is 20.3. The second-order valence-corrected chi connectivity index (χ2v) is 7.71. The molecule has 0 saturated heterocycles. The quantitative estimate of drug-likeness (QED) is 0.308. The van der Waals surface area contributed by atoms with Crippen LogP contribution in [0.3, 0.4) is 0 Å². The highest BCUT2D eigenvalue weighted by Gasteiger charge is 2.13. The number of hydrogen-bond donors (Lipinski definition) is 1. The van der Waals surface area contributed by atoms with Gasteiger partial charge in [-0.1, -0.05) is 24.3 Å². The zero-order valence-corrected chi connectivity index (χ0v) is 18.7. The number of aromatic nitrogens is 6. The molecule has 2 heterocycles. The first-order chi connectivity index (χ1) is 17.2. The van der Waals surface area contributed by atoms with Crippen LogP contribution in [0.2, 0.25) is 0 Å². The van der Waals surface area contributed by atoms with E-state index >= 15 is 0 Å². The van der Waals surface area contributed by atoms with Crippen molar-refractivity contribution in [3.8, 4) is 22.9 Å². The Balaban J connectivity index is 1.26. The number of fused-ring (bicyclic) bond motifs is 1. The van der Waals surface area contributed by atoms with Crippen molar-refractivity contribution in [2.45, 2.75) is 12.8 Å². The van der Waals surface area contributed by atoms with Crippen molar-refractivity contribution < 1.29 is 19.4 Å². The molecule has 0 aliphatic heterocycles. The standard InChI is InChI=1S/C25H22N6O4/c32-25(33)16-18-6-9-20(10-7-18)34-14-3-15-35-24-11-8-19(30-26-12-13-27-30)17-23(24)31-28-21-4-1-2-5-22(21)29-31/h1-2,4-13,17H,3,14-16H2,(H,32,33). The van der Waals surface area contributed by atoms with Crippen LogP contribution in [0.15, 0.2) is 79.1 Å². The van der Waals surface area contributed by atoms with Gasteiger partial charge in [0.2, 0.25) is 0 Å². The van der Waals surface area contributed by atoms with Gasteiger partial charge in [-0.2, -0.15) is 15.0 Å². The van der Waals surface area contributed by atoms with E-state index in [-0.39, 0.29) is 6.42 Å². The maximum Gasteiger partial charge on any atom is 0.307 e. The van der Waals surface area contributed by atoms with Gasteiger partial charge in [0.05, 0.1) is 37.7 Å². The van der Waals surface area contributed by atoms with E-state index in [1.54, 1.807) is 41.5 Å². The number of carboxylic acid groups (broad SMARTS) is 1. The summed E-state index contributed by atoms with van der Waals surface area (Å²) in [6.45, 7) is 0.872. The molecule has 10 heteroatoms. The van der Waals surface area contributed by atoms with Gasteiger partial charge in [-0.15, -0.1) is 15.0 Å². The van der Waals surface area contributed by atoms with E-state index < -0.39 is 5.97 Å². The molecule has 0 aliphatic carbocycles. The highest BCUT2D eigenvalue weighted by Crippen LogP contribution is 2.26. The Labute approximate surface area is 200 Å². The lowest BCUT2D eigenvalue weighted by Crippen LogP contribution is -2.09. The van der Waals surface area contributed by atoms with E-state index in [0.717, 1.165) is 22.3 Å². The molecule has 3 aromatic carbocycles. The lowest BCUT2D eigenvalue weighted by Gasteiger charge is -2.13. The molecule has 0 aliphatic rings. The van der Waals surface area contributed by atoms with Gasteiger partial charge in [-0.3, -0.25) is 4.79 Å². The van der Waals surface area contributed by atoms with Crippen molar-refractivity contribution in [1.29, 1.82) is 0 Å². The Morgan fingerprint density at radius 1 is 0.829 bits per heavy atom. The number of nitrogens with zero attached hydrogens (tertiary/aromatic N) is 6. The molecule has 0 unspecified atom stereocenters. The van der Waals surface area contributed by atoms with Crippen LogP contribution in [0.25, 0.3) is 22.4 Å². The summed E-state index contributed by atoms with van der Waals surface area (Å²) in [7, 11) is 0. The molecule has 0 spiro atoms. The van der Waals surface area contributed by atoms with Gasteiger partial charge in [0.1, 0.15) is 28.2 Å². The SMILES string of the molecule is O=C(O)Cc1ccc(OCCCOc2ccc(-n3nccn3)cc2-n2nc3ccccc3n2)cc1. The first kappa shape index (κ1) is 22.1. The fourth-order valence-electron chi connectivity index (χ4n) is 3.53. The van der Waals surface area contributed by atoms with Crippen molar-refractivity contribution in [2.24, 2.45) is 0 Å². The molecule has 10 nitrogen and oxygen atoms in total. The largest absolute Gasteiger partial charge is 0.493 e. The zero-order chi connectivity index (χ0) is 24.0. The molecular weight excluding hydrogens is 448 g/mol. The van der Waals surface area contributed by atoms with E-state index in [1.165, 1.54) is 4.80 Å². The molecule has 0 amide bonds. The lowest BCUT2D eigenvalue weighted by atomic mass is 10.1. The molecule has 0 fully saturated rings. The molecule has 5 rings (SSSR count). The maximum atomic E-state index is 10.8. The normalized spacial score (nSPS) is 11.0. The van der Waals surface area contributed by atoms with Crippen LogP contribution in [-0.2, 0) is 11.2 Å². The predicted molar refractivity (Wildman–Crippen MR) is 127 cm³/mol. The smallest absolute Gasteiger partial charge is 0.307 e. The van der Waals surface area contributed by atoms with E-state index in [1.807, 2.05) is 42.5 Å². The third-order valence-electron chi connectivity index (χ3n) is 5.19. The van der Waals surface area contributed by atoms with E-state index in [9.17, 15) is 4.79 Å². The summed E-state index contributed by atoms with van der Waals surface area (Å²) in [6.07, 6.45) is 3.87. The molecule has 1 N–H and O–H groups in total. The molecule has 5 aromatic rings. The Hall–Kier alpha value is -4.73. The predicted octanol–water partition coefficient (Wildman–Crippen LogP) is 3.48. The maximum absolute atomic E-state index is 10.8. The minimum absolute atomic E-state index is 0.00757. The molecule has 35 heavy (non-hydrogen) atoms. The first-order valence-electron chi connectivity index (χ1n) is 11.1. The monoisotopic (exact) mass is 470 g/mol. The van der Waals surface area contributed by atoms with Crippen molar-refractivity contribution in [2.75, 3.05) is 13.2 Å². The summed E-state index contributed by atoms with van der Waals surface area (Å²) in [4.78, 5) is 13.9. The van der Waals surface area contributed by atoms with Crippen molar-refractivity contribution in [3.63, 3.8) is 0 Å². The van der Waals surface area contributed by atoms with E-state index in [0.29, 0.717) is 36.8 Å². The summed E-state index contributed by atoms with van der Waals surface area (Å²) in [5, 5.41) is 26.4. The number of ether oxygens (including phenoxy) is 2. The van der Waals surface area contributed by atoms with Crippen LogP contribution in [0.5, 0.6) is 11.5 Å². The molecule has 0 saturated carbocycles. The van der Waals surface area contributed by atoms with Crippen LogP contribution in [-0.4, -0.2) is 54.3 Å². The van der Waals surface area contributed by atoms with Crippen LogP contribution < -0.4 is 9.47 Å². The Bertz CT molecular complexity index is 1400. The minimum atomic E-state index is -0.859. The van der Waals surface area contributed by atoms with Crippen molar-refractivity contribution in [3.05, 3.63) is 84.7 Å². The van der Waals surface area contributed by atoms with Gasteiger partial charge in [0.15, 0.2) is 0 Å². The minimum Gasteiger partial charge on any atom is -0.493 e. The van der Waals surface area contributed by atoms with Crippen LogP contribution >= 0.6 is 0 Å². The fourth-order valence-corrected chi connectivity index (χ4v) is 3.53. The lowest BCUT2D eigenvalue weighted by molar-refractivity contribution is -0.136. The number of hydrogen-bond acceptors (Lipinski definition) is 7. The average molecular weight is 470 g/mol. The van der Waals surface area contributed by atoms with Crippen LogP contribution in [0, 0.1) is 0 Å². The summed E-state index contributed by atoms with van der Waals surface area (Å²) >= 11 is 0. The highest BCUT2D eigenvalue weighted by atomic mass is 16.5. The Morgan fingerprint density at radius 2 is 1.51 bits per heavy atom. The number of carbonyl (C=O) groups is 1. The third-order valence-corrected chi connectivity index (χ3v) is 5.19. The molecule has 0 atom stereocenters. The molecule has 0 bridgehead atoms. The summed E-state index contributed by atoms with van der Waals surface area (Å²) in [5.41, 5.74) is 3.72. The van der Waals surface area contributed by atoms with Gasteiger partial charge in [-0.05, 0) is 48.0 Å². The van der Waals surface area contributed by atoms with Gasteiger partial charge in [0.25, 0.3) is 0 Å². The summed E-state index contributed by atoms with van der Waals surface area (Å²) < 4.78 is 11.8. The van der Waals surface area contributed by atoms with Crippen molar-refractivity contribution in [1.82, 2.24) is 30.0 Å².